The Labute approximate surface area is 159 Å². The minimum absolute atomic E-state index is 0.0540. The van der Waals surface area contributed by atoms with Crippen molar-refractivity contribution in [3.05, 3.63) is 23.8 Å². The number of aromatic nitrogens is 3. The summed E-state index contributed by atoms with van der Waals surface area (Å²) in [5, 5.41) is 17.1. The van der Waals surface area contributed by atoms with Gasteiger partial charge in [0.2, 0.25) is 0 Å². The summed E-state index contributed by atoms with van der Waals surface area (Å²) in [4.78, 5) is 24.1. The van der Waals surface area contributed by atoms with E-state index in [1.165, 1.54) is 12.8 Å². The summed E-state index contributed by atoms with van der Waals surface area (Å²) >= 11 is 0. The van der Waals surface area contributed by atoms with Crippen LogP contribution in [-0.2, 0) is 6.54 Å². The van der Waals surface area contributed by atoms with Crippen LogP contribution in [-0.4, -0.2) is 45.6 Å². The minimum atomic E-state index is -0.181. The van der Waals surface area contributed by atoms with Gasteiger partial charge < -0.3 is 16.0 Å². The van der Waals surface area contributed by atoms with Crippen molar-refractivity contribution in [1.82, 2.24) is 30.9 Å². The van der Waals surface area contributed by atoms with Crippen LogP contribution in [0.4, 0.5) is 4.79 Å². The molecule has 0 aliphatic heterocycles. The predicted octanol–water partition coefficient (Wildman–Crippen LogP) is 2.20. The van der Waals surface area contributed by atoms with Gasteiger partial charge in [0.05, 0.1) is 12.1 Å². The molecule has 8 heteroatoms. The Morgan fingerprint density at radius 2 is 2.07 bits per heavy atom. The molecule has 1 atom stereocenters. The normalized spacial score (nSPS) is 15.6. The molecule has 1 heterocycles. The first-order chi connectivity index (χ1) is 13.1. The van der Waals surface area contributed by atoms with Gasteiger partial charge in [0, 0.05) is 24.2 Å². The molecule has 1 aromatic carbocycles. The van der Waals surface area contributed by atoms with Crippen molar-refractivity contribution in [3.8, 4) is 0 Å². The lowest BCUT2D eigenvalue weighted by Gasteiger charge is -2.12. The van der Waals surface area contributed by atoms with Crippen molar-refractivity contribution in [2.24, 2.45) is 0 Å². The van der Waals surface area contributed by atoms with Gasteiger partial charge in [-0.3, -0.25) is 4.79 Å². The first-order valence-corrected chi connectivity index (χ1v) is 9.75. The number of benzene rings is 1. The first-order valence-electron chi connectivity index (χ1n) is 9.75. The van der Waals surface area contributed by atoms with Gasteiger partial charge in [0.1, 0.15) is 5.52 Å². The molecule has 0 bridgehead atoms. The van der Waals surface area contributed by atoms with Gasteiger partial charge in [-0.25, -0.2) is 9.48 Å². The van der Waals surface area contributed by atoms with Crippen molar-refractivity contribution in [2.75, 3.05) is 6.54 Å². The van der Waals surface area contributed by atoms with E-state index in [2.05, 4.69) is 26.3 Å². The van der Waals surface area contributed by atoms with Crippen LogP contribution in [0.15, 0.2) is 18.2 Å². The van der Waals surface area contributed by atoms with Crippen molar-refractivity contribution in [1.29, 1.82) is 0 Å². The van der Waals surface area contributed by atoms with E-state index in [1.807, 2.05) is 19.9 Å². The quantitative estimate of drug-likeness (QED) is 0.693. The zero-order chi connectivity index (χ0) is 19.2. The molecular weight excluding hydrogens is 344 g/mol. The zero-order valence-corrected chi connectivity index (χ0v) is 16.0. The second-order valence-electron chi connectivity index (χ2n) is 7.18. The maximum Gasteiger partial charge on any atom is 0.315 e. The molecule has 0 spiro atoms. The van der Waals surface area contributed by atoms with E-state index in [4.69, 9.17) is 0 Å². The molecule has 0 radical (unpaired) electrons. The van der Waals surface area contributed by atoms with Crippen LogP contribution in [0.5, 0.6) is 0 Å². The smallest absolute Gasteiger partial charge is 0.315 e. The second-order valence-corrected chi connectivity index (χ2v) is 7.18. The van der Waals surface area contributed by atoms with Gasteiger partial charge in [-0.2, -0.15) is 0 Å². The maximum atomic E-state index is 12.4. The summed E-state index contributed by atoms with van der Waals surface area (Å²) in [5.74, 6) is -0.0540. The summed E-state index contributed by atoms with van der Waals surface area (Å²) in [6.45, 7) is 4.95. The SMILES string of the molecule is CCC(C)NC(=O)NCCn1nnc2cc(C(=O)NC3CCCC3)ccc21. The topological polar surface area (TPSA) is 101 Å². The molecule has 2 aromatic rings. The summed E-state index contributed by atoms with van der Waals surface area (Å²) in [6.07, 6.45) is 5.37. The van der Waals surface area contributed by atoms with Gasteiger partial charge in [-0.05, 0) is 44.4 Å². The number of hydrogen-bond donors (Lipinski definition) is 3. The van der Waals surface area contributed by atoms with E-state index in [-0.39, 0.29) is 24.0 Å². The van der Waals surface area contributed by atoms with Gasteiger partial charge in [0.15, 0.2) is 0 Å². The second kappa shape index (κ2) is 8.83. The molecule has 1 unspecified atom stereocenters. The Balaban J connectivity index is 1.57. The number of rotatable bonds is 7. The molecule has 8 nitrogen and oxygen atoms in total. The van der Waals surface area contributed by atoms with E-state index in [1.54, 1.807) is 16.8 Å². The van der Waals surface area contributed by atoms with Crippen LogP contribution < -0.4 is 16.0 Å². The largest absolute Gasteiger partial charge is 0.349 e. The number of nitrogens with zero attached hydrogens (tertiary/aromatic N) is 3. The predicted molar refractivity (Wildman–Crippen MR) is 104 cm³/mol. The molecule has 146 valence electrons. The molecule has 3 rings (SSSR count). The van der Waals surface area contributed by atoms with Crippen molar-refractivity contribution < 1.29 is 9.59 Å². The fraction of sp³-hybridized carbons (Fsp3) is 0.579. The number of fused-ring (bicyclic) bond motifs is 1. The van der Waals surface area contributed by atoms with Gasteiger partial charge >= 0.3 is 6.03 Å². The van der Waals surface area contributed by atoms with Crippen LogP contribution >= 0.6 is 0 Å². The number of urea groups is 1. The molecule has 1 fully saturated rings. The fourth-order valence-electron chi connectivity index (χ4n) is 3.27. The molecule has 1 aliphatic carbocycles. The Bertz CT molecular complexity index is 797. The third-order valence-corrected chi connectivity index (χ3v) is 5.07. The highest BCUT2D eigenvalue weighted by atomic mass is 16.2. The molecule has 3 N–H and O–H groups in total. The van der Waals surface area contributed by atoms with E-state index in [0.717, 1.165) is 24.8 Å². The lowest BCUT2D eigenvalue weighted by molar-refractivity contribution is 0.0938. The lowest BCUT2D eigenvalue weighted by Crippen LogP contribution is -2.41. The highest BCUT2D eigenvalue weighted by Gasteiger charge is 2.18. The lowest BCUT2D eigenvalue weighted by atomic mass is 10.1. The third-order valence-electron chi connectivity index (χ3n) is 5.07. The molecule has 27 heavy (non-hydrogen) atoms. The maximum absolute atomic E-state index is 12.4. The Kier molecular flexibility index (Phi) is 6.26. The third kappa shape index (κ3) is 4.96. The van der Waals surface area contributed by atoms with Crippen molar-refractivity contribution in [2.45, 2.75) is 64.6 Å². The Hall–Kier alpha value is -2.64. The first kappa shape index (κ1) is 19.1. The summed E-state index contributed by atoms with van der Waals surface area (Å²) in [7, 11) is 0. The van der Waals surface area contributed by atoms with E-state index in [9.17, 15) is 9.59 Å². The van der Waals surface area contributed by atoms with Crippen LogP contribution in [0.1, 0.15) is 56.3 Å². The summed E-state index contributed by atoms with van der Waals surface area (Å²) in [6, 6.07) is 5.68. The standard InChI is InChI=1S/C19H28N6O2/c1-3-13(2)21-19(27)20-10-11-25-17-9-8-14(12-16(17)23-24-25)18(26)22-15-6-4-5-7-15/h8-9,12-13,15H,3-7,10-11H2,1-2H3,(H,22,26)(H2,20,21,27). The van der Waals surface area contributed by atoms with Crippen LogP contribution in [0, 0.1) is 0 Å². The van der Waals surface area contributed by atoms with Gasteiger partial charge in [-0.15, -0.1) is 5.10 Å². The highest BCUT2D eigenvalue weighted by Crippen LogP contribution is 2.19. The number of carbonyl (C=O) groups excluding carboxylic acids is 2. The van der Waals surface area contributed by atoms with Crippen molar-refractivity contribution >= 4 is 23.0 Å². The van der Waals surface area contributed by atoms with E-state index in [0.29, 0.717) is 24.2 Å². The fourth-order valence-corrected chi connectivity index (χ4v) is 3.27. The highest BCUT2D eigenvalue weighted by molar-refractivity contribution is 5.97. The molecule has 1 aliphatic rings. The summed E-state index contributed by atoms with van der Waals surface area (Å²) in [5.41, 5.74) is 2.13. The van der Waals surface area contributed by atoms with E-state index < -0.39 is 0 Å². The number of amides is 3. The molecule has 1 aromatic heterocycles. The number of nitrogens with one attached hydrogen (secondary N) is 3. The number of carbonyl (C=O) groups is 2. The monoisotopic (exact) mass is 372 g/mol. The minimum Gasteiger partial charge on any atom is -0.349 e. The van der Waals surface area contributed by atoms with Crippen LogP contribution in [0.2, 0.25) is 0 Å². The molecule has 1 saturated carbocycles. The van der Waals surface area contributed by atoms with E-state index >= 15 is 0 Å². The average molecular weight is 372 g/mol. The molecule has 3 amide bonds. The zero-order valence-electron chi connectivity index (χ0n) is 16.0. The average Bonchev–Trinajstić information content (AvgIpc) is 3.31. The Morgan fingerprint density at radius 3 is 2.81 bits per heavy atom. The number of hydrogen-bond acceptors (Lipinski definition) is 4. The van der Waals surface area contributed by atoms with Crippen molar-refractivity contribution in [3.63, 3.8) is 0 Å². The van der Waals surface area contributed by atoms with Gasteiger partial charge in [-0.1, -0.05) is 25.0 Å². The van der Waals surface area contributed by atoms with Gasteiger partial charge in [0.25, 0.3) is 5.91 Å². The molecular formula is C19H28N6O2. The van der Waals surface area contributed by atoms with Crippen LogP contribution in [0.3, 0.4) is 0 Å². The Morgan fingerprint density at radius 1 is 1.30 bits per heavy atom. The van der Waals surface area contributed by atoms with Crippen LogP contribution in [0.25, 0.3) is 11.0 Å². The molecule has 0 saturated heterocycles. The summed E-state index contributed by atoms with van der Waals surface area (Å²) < 4.78 is 1.73.